The molecule has 3 aromatic rings. The zero-order valence-corrected chi connectivity index (χ0v) is 17.5. The van der Waals surface area contributed by atoms with Gasteiger partial charge in [0.2, 0.25) is 5.91 Å². The van der Waals surface area contributed by atoms with Gasteiger partial charge in [0.25, 0.3) is 5.91 Å². The van der Waals surface area contributed by atoms with Gasteiger partial charge in [-0.15, -0.1) is 11.3 Å². The number of carbonyl (C=O) groups is 2. The van der Waals surface area contributed by atoms with E-state index in [0.717, 1.165) is 48.1 Å². The predicted molar refractivity (Wildman–Crippen MR) is 121 cm³/mol. The molecule has 154 valence electrons. The van der Waals surface area contributed by atoms with Crippen LogP contribution in [0.3, 0.4) is 0 Å². The maximum atomic E-state index is 12.9. The first-order valence-electron chi connectivity index (χ1n) is 9.80. The van der Waals surface area contributed by atoms with E-state index in [1.54, 1.807) is 5.38 Å². The van der Waals surface area contributed by atoms with E-state index in [0.29, 0.717) is 11.4 Å². The molecule has 0 aliphatic carbocycles. The Morgan fingerprint density at radius 3 is 2.67 bits per heavy atom. The van der Waals surface area contributed by atoms with Crippen LogP contribution in [0.15, 0.2) is 53.9 Å². The fourth-order valence-corrected chi connectivity index (χ4v) is 4.19. The summed E-state index contributed by atoms with van der Waals surface area (Å²) in [6.45, 7) is 5.12. The molecule has 1 aliphatic rings. The van der Waals surface area contributed by atoms with Crippen LogP contribution in [0.1, 0.15) is 17.4 Å². The molecule has 8 heteroatoms. The number of carbonyl (C=O) groups excluding carboxylic acids is 2. The standard InChI is InChI=1S/C22H23N5O2S/c1-15(28)24-17-6-4-5-16(13-17)22-26-19(14-30-22)21(29)25-18-7-2-3-8-20(18)27-11-9-23-10-12-27/h2-8,13-14,23H,9-12H2,1H3,(H,24,28)(H,25,29). The lowest BCUT2D eigenvalue weighted by molar-refractivity contribution is -0.114. The molecule has 0 bridgehead atoms. The number of amides is 2. The van der Waals surface area contributed by atoms with Gasteiger partial charge in [0, 0.05) is 49.7 Å². The number of piperazine rings is 1. The molecule has 1 aliphatic heterocycles. The number of rotatable bonds is 5. The van der Waals surface area contributed by atoms with E-state index in [-0.39, 0.29) is 11.8 Å². The Balaban J connectivity index is 1.51. The Labute approximate surface area is 179 Å². The van der Waals surface area contributed by atoms with E-state index >= 15 is 0 Å². The van der Waals surface area contributed by atoms with Crippen molar-refractivity contribution in [3.8, 4) is 10.6 Å². The molecule has 2 amide bonds. The van der Waals surface area contributed by atoms with Crippen LogP contribution >= 0.6 is 11.3 Å². The van der Waals surface area contributed by atoms with Crippen molar-refractivity contribution >= 4 is 40.2 Å². The lowest BCUT2D eigenvalue weighted by atomic mass is 10.2. The molecule has 0 saturated carbocycles. The molecule has 2 aromatic carbocycles. The van der Waals surface area contributed by atoms with Crippen molar-refractivity contribution in [3.63, 3.8) is 0 Å². The summed E-state index contributed by atoms with van der Waals surface area (Å²) >= 11 is 1.40. The van der Waals surface area contributed by atoms with Crippen LogP contribution in [0.4, 0.5) is 17.1 Å². The van der Waals surface area contributed by atoms with Gasteiger partial charge in [-0.3, -0.25) is 9.59 Å². The molecule has 0 spiro atoms. The summed E-state index contributed by atoms with van der Waals surface area (Å²) in [5.74, 6) is -0.368. The van der Waals surface area contributed by atoms with Gasteiger partial charge in [-0.25, -0.2) is 4.98 Å². The van der Waals surface area contributed by atoms with Crippen LogP contribution in [0.2, 0.25) is 0 Å². The number of nitrogens with zero attached hydrogens (tertiary/aromatic N) is 2. The molecular weight excluding hydrogens is 398 g/mol. The summed E-state index contributed by atoms with van der Waals surface area (Å²) < 4.78 is 0. The van der Waals surface area contributed by atoms with E-state index in [2.05, 4.69) is 25.8 Å². The van der Waals surface area contributed by atoms with Gasteiger partial charge in [0.1, 0.15) is 10.7 Å². The zero-order chi connectivity index (χ0) is 20.9. The Morgan fingerprint density at radius 1 is 1.07 bits per heavy atom. The summed E-state index contributed by atoms with van der Waals surface area (Å²) in [6, 6.07) is 15.3. The third-order valence-corrected chi connectivity index (χ3v) is 5.67. The van der Waals surface area contributed by atoms with Gasteiger partial charge in [0.05, 0.1) is 11.4 Å². The highest BCUT2D eigenvalue weighted by atomic mass is 32.1. The van der Waals surface area contributed by atoms with Crippen LogP contribution < -0.4 is 20.9 Å². The van der Waals surface area contributed by atoms with Gasteiger partial charge in [-0.2, -0.15) is 0 Å². The molecule has 2 heterocycles. The van der Waals surface area contributed by atoms with Crippen LogP contribution in [-0.4, -0.2) is 43.0 Å². The van der Waals surface area contributed by atoms with Crippen molar-refractivity contribution in [2.45, 2.75) is 6.92 Å². The first-order valence-corrected chi connectivity index (χ1v) is 10.7. The first-order chi connectivity index (χ1) is 14.6. The maximum Gasteiger partial charge on any atom is 0.275 e. The second kappa shape index (κ2) is 9.06. The molecule has 7 nitrogen and oxygen atoms in total. The average Bonchev–Trinajstić information content (AvgIpc) is 3.25. The van der Waals surface area contributed by atoms with Crippen molar-refractivity contribution < 1.29 is 9.59 Å². The number of anilines is 3. The Morgan fingerprint density at radius 2 is 1.87 bits per heavy atom. The maximum absolute atomic E-state index is 12.9. The fraction of sp³-hybridized carbons (Fsp3) is 0.227. The summed E-state index contributed by atoms with van der Waals surface area (Å²) in [5.41, 5.74) is 3.73. The van der Waals surface area contributed by atoms with Crippen molar-refractivity contribution in [1.82, 2.24) is 10.3 Å². The number of hydrogen-bond acceptors (Lipinski definition) is 6. The SMILES string of the molecule is CC(=O)Nc1cccc(-c2nc(C(=O)Nc3ccccc3N3CCNCC3)cs2)c1. The third-order valence-electron chi connectivity index (χ3n) is 4.78. The predicted octanol–water partition coefficient (Wildman–Crippen LogP) is 3.43. The molecule has 0 radical (unpaired) electrons. The van der Waals surface area contributed by atoms with Crippen molar-refractivity contribution in [1.29, 1.82) is 0 Å². The van der Waals surface area contributed by atoms with Gasteiger partial charge in [-0.05, 0) is 24.3 Å². The van der Waals surface area contributed by atoms with E-state index in [1.807, 2.05) is 48.5 Å². The third kappa shape index (κ3) is 4.67. The normalized spacial score (nSPS) is 13.7. The summed E-state index contributed by atoms with van der Waals surface area (Å²) in [7, 11) is 0. The largest absolute Gasteiger partial charge is 0.367 e. The number of hydrogen-bond donors (Lipinski definition) is 3. The van der Waals surface area contributed by atoms with Crippen LogP contribution in [0.5, 0.6) is 0 Å². The molecule has 1 fully saturated rings. The Bertz CT molecular complexity index is 1060. The molecule has 30 heavy (non-hydrogen) atoms. The number of nitrogens with one attached hydrogen (secondary N) is 3. The number of para-hydroxylation sites is 2. The number of aromatic nitrogens is 1. The fourth-order valence-electron chi connectivity index (χ4n) is 3.39. The Kier molecular flexibility index (Phi) is 6.06. The lowest BCUT2D eigenvalue weighted by Crippen LogP contribution is -2.43. The quantitative estimate of drug-likeness (QED) is 0.588. The molecule has 1 saturated heterocycles. The second-order valence-corrected chi connectivity index (χ2v) is 7.87. The first kappa shape index (κ1) is 20.1. The molecular formula is C22H23N5O2S. The number of thiazole rings is 1. The highest BCUT2D eigenvalue weighted by Gasteiger charge is 2.17. The van der Waals surface area contributed by atoms with Crippen LogP contribution in [0.25, 0.3) is 10.6 Å². The van der Waals surface area contributed by atoms with E-state index in [4.69, 9.17) is 0 Å². The van der Waals surface area contributed by atoms with Gasteiger partial charge < -0.3 is 20.9 Å². The Hall–Kier alpha value is -3.23. The highest BCUT2D eigenvalue weighted by Crippen LogP contribution is 2.29. The van der Waals surface area contributed by atoms with Crippen molar-refractivity contribution in [2.75, 3.05) is 41.7 Å². The molecule has 3 N–H and O–H groups in total. The summed E-state index contributed by atoms with van der Waals surface area (Å²) in [5, 5.41) is 11.6. The number of benzene rings is 2. The van der Waals surface area contributed by atoms with Gasteiger partial charge in [0.15, 0.2) is 0 Å². The van der Waals surface area contributed by atoms with Gasteiger partial charge >= 0.3 is 0 Å². The van der Waals surface area contributed by atoms with Crippen LogP contribution in [-0.2, 0) is 4.79 Å². The minimum absolute atomic E-state index is 0.130. The minimum Gasteiger partial charge on any atom is -0.367 e. The van der Waals surface area contributed by atoms with Gasteiger partial charge in [-0.1, -0.05) is 24.3 Å². The average molecular weight is 422 g/mol. The van der Waals surface area contributed by atoms with Crippen molar-refractivity contribution in [2.24, 2.45) is 0 Å². The van der Waals surface area contributed by atoms with E-state index in [1.165, 1.54) is 18.3 Å². The zero-order valence-electron chi connectivity index (χ0n) is 16.6. The van der Waals surface area contributed by atoms with Crippen molar-refractivity contribution in [3.05, 3.63) is 59.6 Å². The summed E-state index contributed by atoms with van der Waals surface area (Å²) in [4.78, 5) is 30.9. The summed E-state index contributed by atoms with van der Waals surface area (Å²) in [6.07, 6.45) is 0. The lowest BCUT2D eigenvalue weighted by Gasteiger charge is -2.31. The monoisotopic (exact) mass is 421 g/mol. The topological polar surface area (TPSA) is 86.4 Å². The highest BCUT2D eigenvalue weighted by molar-refractivity contribution is 7.13. The van der Waals surface area contributed by atoms with E-state index in [9.17, 15) is 9.59 Å². The molecule has 1 aromatic heterocycles. The second-order valence-electron chi connectivity index (χ2n) is 7.01. The minimum atomic E-state index is -0.238. The van der Waals surface area contributed by atoms with Crippen LogP contribution in [0, 0.1) is 0 Å². The molecule has 0 atom stereocenters. The molecule has 0 unspecified atom stereocenters. The smallest absolute Gasteiger partial charge is 0.275 e. The molecule has 4 rings (SSSR count). The van der Waals surface area contributed by atoms with E-state index < -0.39 is 0 Å².